The molecule has 0 fully saturated rings. The zero-order chi connectivity index (χ0) is 23.1. The van der Waals surface area contributed by atoms with Crippen molar-refractivity contribution in [1.82, 2.24) is 5.32 Å². The number of hydrogen-bond donors (Lipinski definition) is 1. The minimum Gasteiger partial charge on any atom is -0.444 e. The third kappa shape index (κ3) is 17.0. The number of hydrogen-bond acceptors (Lipinski definition) is 7. The van der Waals surface area contributed by atoms with Gasteiger partial charge in [-0.1, -0.05) is 20.8 Å². The highest BCUT2D eigenvalue weighted by Crippen LogP contribution is 2.36. The summed E-state index contributed by atoms with van der Waals surface area (Å²) >= 11 is 0. The van der Waals surface area contributed by atoms with Crippen LogP contribution in [0.25, 0.3) is 0 Å². The fourth-order valence-corrected chi connectivity index (χ4v) is 2.90. The van der Waals surface area contributed by atoms with Crippen LogP contribution in [0.3, 0.4) is 0 Å². The molecule has 0 spiro atoms. The van der Waals surface area contributed by atoms with E-state index in [-0.39, 0.29) is 5.04 Å². The zero-order valence-corrected chi connectivity index (χ0v) is 21.4. The standard InChI is InChI=1S/C21H45NO7Si/c1-20(2,3)29-19(23)22-9-10-24-11-12-25-13-14-26-15-16-27-17-18-28-30(7,8)21(4,5)6/h9-18H2,1-8H3,(H,22,23). The quantitative estimate of drug-likeness (QED) is 0.283. The monoisotopic (exact) mass is 451 g/mol. The molecule has 0 aliphatic heterocycles. The molecule has 0 aromatic rings. The highest BCUT2D eigenvalue weighted by molar-refractivity contribution is 6.74. The Morgan fingerprint density at radius 2 is 1.10 bits per heavy atom. The van der Waals surface area contributed by atoms with Gasteiger partial charge in [-0.15, -0.1) is 0 Å². The molecule has 180 valence electrons. The van der Waals surface area contributed by atoms with Crippen LogP contribution in [0.5, 0.6) is 0 Å². The van der Waals surface area contributed by atoms with Crippen LogP contribution >= 0.6 is 0 Å². The molecule has 0 rings (SSSR count). The molecule has 0 bridgehead atoms. The van der Waals surface area contributed by atoms with Gasteiger partial charge in [0.1, 0.15) is 5.60 Å². The largest absolute Gasteiger partial charge is 0.444 e. The summed E-state index contributed by atoms with van der Waals surface area (Å²) in [7, 11) is -1.69. The number of rotatable bonds is 16. The van der Waals surface area contributed by atoms with E-state index in [0.717, 1.165) is 0 Å². The molecule has 0 aliphatic rings. The van der Waals surface area contributed by atoms with Crippen molar-refractivity contribution < 1.29 is 32.9 Å². The molecule has 0 aliphatic carbocycles. The van der Waals surface area contributed by atoms with Crippen molar-refractivity contribution in [2.75, 3.05) is 66.0 Å². The van der Waals surface area contributed by atoms with Gasteiger partial charge in [0, 0.05) is 6.54 Å². The van der Waals surface area contributed by atoms with Crippen LogP contribution in [0.2, 0.25) is 18.1 Å². The third-order valence-electron chi connectivity index (χ3n) is 4.53. The maximum absolute atomic E-state index is 11.4. The number of alkyl carbamates (subject to hydrolysis) is 1. The Hall–Kier alpha value is -0.713. The molecule has 9 heteroatoms. The highest BCUT2D eigenvalue weighted by atomic mass is 28.4. The second kappa shape index (κ2) is 15.1. The van der Waals surface area contributed by atoms with E-state index in [1.807, 2.05) is 20.8 Å². The molecule has 1 N–H and O–H groups in total. The molecule has 0 unspecified atom stereocenters. The predicted molar refractivity (Wildman–Crippen MR) is 121 cm³/mol. The molecule has 0 aromatic heterocycles. The molecule has 0 atom stereocenters. The van der Waals surface area contributed by atoms with Crippen molar-refractivity contribution in [1.29, 1.82) is 0 Å². The number of nitrogens with one attached hydrogen (secondary N) is 1. The zero-order valence-electron chi connectivity index (χ0n) is 20.4. The average molecular weight is 452 g/mol. The van der Waals surface area contributed by atoms with Crippen LogP contribution in [0, 0.1) is 0 Å². The van der Waals surface area contributed by atoms with Crippen molar-refractivity contribution >= 4 is 14.4 Å². The number of ether oxygens (including phenoxy) is 5. The molecule has 0 heterocycles. The van der Waals surface area contributed by atoms with E-state index in [1.54, 1.807) is 0 Å². The first kappa shape index (κ1) is 29.3. The van der Waals surface area contributed by atoms with Gasteiger partial charge in [-0.05, 0) is 38.9 Å². The molecular weight excluding hydrogens is 406 g/mol. The van der Waals surface area contributed by atoms with Crippen molar-refractivity contribution in [3.8, 4) is 0 Å². The summed E-state index contributed by atoms with van der Waals surface area (Å²) in [6.07, 6.45) is -0.438. The topological polar surface area (TPSA) is 84.5 Å². The van der Waals surface area contributed by atoms with E-state index in [1.165, 1.54) is 0 Å². The average Bonchev–Trinajstić information content (AvgIpc) is 2.58. The number of amides is 1. The maximum atomic E-state index is 11.4. The van der Waals surface area contributed by atoms with Crippen LogP contribution in [-0.2, 0) is 28.1 Å². The fourth-order valence-electron chi connectivity index (χ4n) is 1.87. The first-order valence-electron chi connectivity index (χ1n) is 10.8. The summed E-state index contributed by atoms with van der Waals surface area (Å²) in [5, 5.41) is 2.85. The first-order chi connectivity index (χ1) is 13.9. The lowest BCUT2D eigenvalue weighted by Gasteiger charge is -2.36. The maximum Gasteiger partial charge on any atom is 0.407 e. The van der Waals surface area contributed by atoms with Gasteiger partial charge in [-0.3, -0.25) is 0 Å². The summed E-state index contributed by atoms with van der Waals surface area (Å²) in [5.74, 6) is 0. The van der Waals surface area contributed by atoms with Gasteiger partial charge in [-0.2, -0.15) is 0 Å². The lowest BCUT2D eigenvalue weighted by atomic mass is 10.2. The van der Waals surface area contributed by atoms with Crippen LogP contribution < -0.4 is 5.32 Å². The van der Waals surface area contributed by atoms with Gasteiger partial charge >= 0.3 is 6.09 Å². The Morgan fingerprint density at radius 3 is 1.50 bits per heavy atom. The Labute approximate surface area is 184 Å². The van der Waals surface area contributed by atoms with Gasteiger partial charge in [0.15, 0.2) is 8.32 Å². The van der Waals surface area contributed by atoms with Crippen LogP contribution in [0.1, 0.15) is 41.5 Å². The highest BCUT2D eigenvalue weighted by Gasteiger charge is 2.36. The molecule has 0 aromatic carbocycles. The SMILES string of the molecule is CC(C)(C)OC(=O)NCCOCCOCCOCCOCCO[Si](C)(C)C(C)(C)C. The Morgan fingerprint density at radius 1 is 0.700 bits per heavy atom. The second-order valence-corrected chi connectivity index (χ2v) is 14.3. The number of carbonyl (C=O) groups excluding carboxylic acids is 1. The lowest BCUT2D eigenvalue weighted by Crippen LogP contribution is -2.41. The summed E-state index contributed by atoms with van der Waals surface area (Å²) < 4.78 is 33.0. The van der Waals surface area contributed by atoms with E-state index in [0.29, 0.717) is 66.0 Å². The van der Waals surface area contributed by atoms with Gasteiger partial charge < -0.3 is 33.4 Å². The summed E-state index contributed by atoms with van der Waals surface area (Å²) in [6.45, 7) is 21.7. The summed E-state index contributed by atoms with van der Waals surface area (Å²) in [4.78, 5) is 11.4. The van der Waals surface area contributed by atoms with Crippen LogP contribution in [-0.4, -0.2) is 86.0 Å². The minimum atomic E-state index is -1.69. The van der Waals surface area contributed by atoms with E-state index in [9.17, 15) is 4.79 Å². The van der Waals surface area contributed by atoms with Gasteiger partial charge in [-0.25, -0.2) is 4.79 Å². The first-order valence-corrected chi connectivity index (χ1v) is 13.7. The number of carbonyl (C=O) groups is 1. The molecular formula is C21H45NO7Si. The van der Waals surface area contributed by atoms with Gasteiger partial charge in [0.25, 0.3) is 0 Å². The van der Waals surface area contributed by atoms with Crippen molar-refractivity contribution in [3.63, 3.8) is 0 Å². The van der Waals surface area contributed by atoms with Gasteiger partial charge in [0.2, 0.25) is 0 Å². The molecule has 0 saturated carbocycles. The van der Waals surface area contributed by atoms with Crippen molar-refractivity contribution in [3.05, 3.63) is 0 Å². The smallest absolute Gasteiger partial charge is 0.407 e. The second-order valence-electron chi connectivity index (χ2n) is 9.49. The normalized spacial score (nSPS) is 12.8. The Kier molecular flexibility index (Phi) is 14.8. The summed E-state index contributed by atoms with van der Waals surface area (Å²) in [6, 6.07) is 0. The molecule has 1 amide bonds. The lowest BCUT2D eigenvalue weighted by molar-refractivity contribution is -0.00499. The van der Waals surface area contributed by atoms with Crippen LogP contribution in [0.4, 0.5) is 4.79 Å². The molecule has 0 saturated heterocycles. The molecule has 30 heavy (non-hydrogen) atoms. The van der Waals surface area contributed by atoms with Gasteiger partial charge in [0.05, 0.1) is 59.5 Å². The minimum absolute atomic E-state index is 0.220. The van der Waals surface area contributed by atoms with Crippen molar-refractivity contribution in [2.45, 2.75) is 65.3 Å². The summed E-state index contributed by atoms with van der Waals surface area (Å²) in [5.41, 5.74) is -0.494. The molecule has 8 nitrogen and oxygen atoms in total. The predicted octanol–water partition coefficient (Wildman–Crippen LogP) is 3.60. The van der Waals surface area contributed by atoms with Crippen molar-refractivity contribution in [2.24, 2.45) is 0 Å². The van der Waals surface area contributed by atoms with E-state index < -0.39 is 20.0 Å². The molecule has 0 radical (unpaired) electrons. The Balaban J connectivity index is 3.32. The van der Waals surface area contributed by atoms with E-state index >= 15 is 0 Å². The fraction of sp³-hybridized carbons (Fsp3) is 0.952. The van der Waals surface area contributed by atoms with Crippen LogP contribution in [0.15, 0.2) is 0 Å². The van der Waals surface area contributed by atoms with E-state index in [4.69, 9.17) is 28.1 Å². The Bertz CT molecular complexity index is 448. The van der Waals surface area contributed by atoms with E-state index in [2.05, 4.69) is 39.2 Å². The third-order valence-corrected chi connectivity index (χ3v) is 9.07.